The Morgan fingerprint density at radius 3 is 2.00 bits per heavy atom. The first kappa shape index (κ1) is 1.52. The van der Waals surface area contributed by atoms with Crippen LogP contribution in [0, 0.1) is 6.08 Å². The molecule has 0 saturated heterocycles. The minimum absolute atomic E-state index is 1.69. The summed E-state index contributed by atoms with van der Waals surface area (Å²) < 4.78 is 0. The van der Waals surface area contributed by atoms with Crippen molar-refractivity contribution in [3.63, 3.8) is 0 Å². The van der Waals surface area contributed by atoms with Crippen LogP contribution in [-0.2, 0) is 0 Å². The number of hydrogen-bond acceptors (Lipinski definition) is 0. The summed E-state index contributed by atoms with van der Waals surface area (Å²) in [4.78, 5) is 0. The molecule has 0 aromatic carbocycles. The Kier molecular flexibility index (Phi) is 0.119. The number of hydrogen-bond donors (Lipinski definition) is 0. The molecule has 0 aromatic heterocycles. The minimum atomic E-state index is 1.69. The molecule has 1 rings (SSSR count). The van der Waals surface area contributed by atoms with Crippen molar-refractivity contribution >= 4 is 0 Å². The molecule has 0 atom stereocenters. The van der Waals surface area contributed by atoms with Crippen LogP contribution in [0.1, 0.15) is 0 Å². The third-order valence-corrected chi connectivity index (χ3v) is 0.289. The highest BCUT2D eigenvalue weighted by molar-refractivity contribution is 5.02. The van der Waals surface area contributed by atoms with Crippen LogP contribution in [0.4, 0.5) is 0 Å². The van der Waals surface area contributed by atoms with Gasteiger partial charge in [-0.25, -0.2) is 0 Å². The number of allylic oxidation sites excluding steroid dienone is 2. The summed E-state index contributed by atoms with van der Waals surface area (Å²) in [5.74, 6) is 0. The molecule has 4 heavy (non-hydrogen) atoms. The summed E-state index contributed by atoms with van der Waals surface area (Å²) in [6.45, 7) is 0. The van der Waals surface area contributed by atoms with Crippen molar-refractivity contribution in [3.8, 4) is 0 Å². The van der Waals surface area contributed by atoms with E-state index in [0.29, 0.717) is 0 Å². The maximum Gasteiger partial charge on any atom is 0.177 e. The van der Waals surface area contributed by atoms with Gasteiger partial charge in [0.05, 0.1) is 0 Å². The largest absolute Gasteiger partial charge is 0.177 e. The molecule has 0 aromatic rings. The second-order valence-corrected chi connectivity index (χ2v) is 0.558. The lowest BCUT2D eigenvalue weighted by Crippen LogP contribution is -1.44. The van der Waals surface area contributed by atoms with Gasteiger partial charge in [-0.1, -0.05) is 0 Å². The molecule has 0 spiro atoms. The van der Waals surface area contributed by atoms with Gasteiger partial charge >= 0.3 is 0 Å². The van der Waals surface area contributed by atoms with E-state index in [1.54, 1.807) is 6.08 Å². The first-order valence-corrected chi connectivity index (χ1v) is 1.08. The molecule has 0 saturated carbocycles. The molecule has 0 N–H and O–H groups in total. The van der Waals surface area contributed by atoms with Crippen molar-refractivity contribution in [1.29, 1.82) is 0 Å². The lowest BCUT2D eigenvalue weighted by atomic mass is 10.4. The highest BCUT2D eigenvalue weighted by Crippen LogP contribution is 1.71. The maximum absolute atomic E-state index is 2.62. The molecule has 0 unspecified atom stereocenters. The van der Waals surface area contributed by atoms with Crippen LogP contribution in [0.2, 0.25) is 0 Å². The zero-order chi connectivity index (χ0) is 2.83. The molecular formula is C4H+. The molecule has 0 heteroatoms. The highest BCUT2D eigenvalue weighted by atomic mass is 13.6. The second-order valence-electron chi connectivity index (χ2n) is 0.558. The van der Waals surface area contributed by atoms with E-state index in [-0.39, 0.29) is 0 Å². The third-order valence-electron chi connectivity index (χ3n) is 0.289. The molecule has 0 fully saturated rings. The van der Waals surface area contributed by atoms with Gasteiger partial charge in [0.1, 0.15) is 17.5 Å². The summed E-state index contributed by atoms with van der Waals surface area (Å²) >= 11 is 0. The van der Waals surface area contributed by atoms with Gasteiger partial charge in [-0.05, 0) is 0 Å². The van der Waals surface area contributed by atoms with Crippen LogP contribution in [0.3, 0.4) is 0 Å². The predicted octanol–water partition coefficient (Wildman–Crippen LogP) is 0.670. The lowest BCUT2D eigenvalue weighted by molar-refractivity contribution is 1.85. The van der Waals surface area contributed by atoms with Crippen LogP contribution in [0.15, 0.2) is 17.5 Å². The Morgan fingerprint density at radius 1 is 1.75 bits per heavy atom. The zero-order valence-corrected chi connectivity index (χ0v) is 2.08. The fourth-order valence-electron chi connectivity index (χ4n) is 0.0722. The minimum Gasteiger partial charge on any atom is 0.114 e. The summed E-state index contributed by atoms with van der Waals surface area (Å²) in [7, 11) is 0. The molecule has 1 aliphatic carbocycles. The van der Waals surface area contributed by atoms with Crippen molar-refractivity contribution in [2.75, 3.05) is 0 Å². The van der Waals surface area contributed by atoms with E-state index >= 15 is 0 Å². The summed E-state index contributed by atoms with van der Waals surface area (Å²) in [6.07, 6.45) is 4.32. The standard InChI is InChI=1S/C4H/c1-2-4-3-1/h1H/q+1. The van der Waals surface area contributed by atoms with Crippen molar-refractivity contribution in [3.05, 3.63) is 23.6 Å². The van der Waals surface area contributed by atoms with Crippen LogP contribution in [0.5, 0.6) is 0 Å². The van der Waals surface area contributed by atoms with Crippen molar-refractivity contribution in [2.45, 2.75) is 0 Å². The van der Waals surface area contributed by atoms with Gasteiger partial charge in [-0.15, -0.1) is 0 Å². The molecule has 0 nitrogen and oxygen atoms in total. The molecule has 0 heterocycles. The fourth-order valence-corrected chi connectivity index (χ4v) is 0.0722. The topological polar surface area (TPSA) is 0 Å². The average Bonchev–Trinajstić information content (AvgIpc) is 0.722. The smallest absolute Gasteiger partial charge is 0.114 e. The Bertz CT molecular complexity index is 83.2. The predicted molar refractivity (Wildman–Crippen MR) is 14.8 cm³/mol. The van der Waals surface area contributed by atoms with Gasteiger partial charge in [-0.3, -0.25) is 0 Å². The molecule has 0 aliphatic heterocycles. The lowest BCUT2D eigenvalue weighted by Gasteiger charge is -1.44. The normalized spacial score (nSPS) is 10.0. The Hall–Kier alpha value is -0.790. The van der Waals surface area contributed by atoms with Crippen LogP contribution >= 0.6 is 0 Å². The van der Waals surface area contributed by atoms with Crippen LogP contribution < -0.4 is 0 Å². The van der Waals surface area contributed by atoms with Crippen molar-refractivity contribution in [1.82, 2.24) is 0 Å². The zero-order valence-electron chi connectivity index (χ0n) is 2.08. The first-order valence-electron chi connectivity index (χ1n) is 1.08. The summed E-state index contributed by atoms with van der Waals surface area (Å²) in [5, 5.41) is 0. The van der Waals surface area contributed by atoms with Gasteiger partial charge < -0.3 is 0 Å². The van der Waals surface area contributed by atoms with E-state index in [2.05, 4.69) is 17.5 Å². The van der Waals surface area contributed by atoms with Crippen molar-refractivity contribution < 1.29 is 0 Å². The van der Waals surface area contributed by atoms with Crippen LogP contribution in [0.25, 0.3) is 0 Å². The van der Waals surface area contributed by atoms with Gasteiger partial charge in [0, 0.05) is 0 Å². The third kappa shape index (κ3) is 0.00518. The van der Waals surface area contributed by atoms with E-state index in [1.807, 2.05) is 0 Å². The molecule has 16 valence electrons. The Morgan fingerprint density at radius 2 is 2.00 bits per heavy atom. The van der Waals surface area contributed by atoms with E-state index in [4.69, 9.17) is 0 Å². The quantitative estimate of drug-likeness (QED) is 0.279. The van der Waals surface area contributed by atoms with Gasteiger partial charge in [0.25, 0.3) is 0 Å². The molecule has 0 radical (unpaired) electrons. The van der Waals surface area contributed by atoms with Crippen LogP contribution in [-0.4, -0.2) is 0 Å². The molecule has 0 bridgehead atoms. The van der Waals surface area contributed by atoms with E-state index in [9.17, 15) is 0 Å². The molecule has 1 aliphatic rings. The van der Waals surface area contributed by atoms with E-state index < -0.39 is 0 Å². The van der Waals surface area contributed by atoms with E-state index in [0.717, 1.165) is 0 Å². The highest BCUT2D eigenvalue weighted by Gasteiger charge is 1.72. The van der Waals surface area contributed by atoms with E-state index in [1.165, 1.54) is 0 Å². The average molecular weight is 49.1 g/mol. The molecular weight excluding hydrogens is 48.0 g/mol. The van der Waals surface area contributed by atoms with Gasteiger partial charge in [-0.2, -0.15) is 0 Å². The Balaban J connectivity index is 3.59. The van der Waals surface area contributed by atoms with Gasteiger partial charge in [0.2, 0.25) is 0 Å². The monoisotopic (exact) mass is 49.0 g/mol. The van der Waals surface area contributed by atoms with Crippen molar-refractivity contribution in [2.24, 2.45) is 0 Å². The second kappa shape index (κ2) is 0.314. The Labute approximate surface area is 24.8 Å². The molecule has 0 amide bonds. The SMILES string of the molecule is C1=C=C[C+]=1. The maximum atomic E-state index is 2.62. The number of rotatable bonds is 0. The summed E-state index contributed by atoms with van der Waals surface area (Å²) in [6, 6.07) is 0. The fraction of sp³-hybridized carbons (Fsp3) is 0. The van der Waals surface area contributed by atoms with Gasteiger partial charge in [0.15, 0.2) is 6.08 Å². The summed E-state index contributed by atoms with van der Waals surface area (Å²) in [5.41, 5.74) is 5.18. The first-order chi connectivity index (χ1) is 2.00.